The molecule has 8 heteroatoms. The Morgan fingerprint density at radius 1 is 1.50 bits per heavy atom. The minimum absolute atomic E-state index is 0.153. The fraction of sp³-hybridized carbons (Fsp3) is 0.333. The standard InChI is InChI=1S/C12H12FN3O4/c13-9-3-1-2-7(15-9)12(20)16-5-4-14-11(19)8(16)6-10(17)18/h1-3,8H,4-6H2,(H,14,19)(H,17,18). The molecule has 1 aromatic heterocycles. The topological polar surface area (TPSA) is 99.6 Å². The zero-order valence-electron chi connectivity index (χ0n) is 10.4. The van der Waals surface area contributed by atoms with Gasteiger partial charge in [-0.2, -0.15) is 4.39 Å². The third-order valence-corrected chi connectivity index (χ3v) is 2.89. The van der Waals surface area contributed by atoms with Gasteiger partial charge in [0.2, 0.25) is 11.9 Å². The number of hydrogen-bond acceptors (Lipinski definition) is 4. The van der Waals surface area contributed by atoms with Crippen molar-refractivity contribution in [2.45, 2.75) is 12.5 Å². The molecule has 0 spiro atoms. The van der Waals surface area contributed by atoms with E-state index < -0.39 is 36.2 Å². The van der Waals surface area contributed by atoms with Gasteiger partial charge in [0.25, 0.3) is 5.91 Å². The van der Waals surface area contributed by atoms with Crippen molar-refractivity contribution >= 4 is 17.8 Å². The molecular weight excluding hydrogens is 269 g/mol. The molecule has 1 saturated heterocycles. The number of aliphatic carboxylic acids is 1. The van der Waals surface area contributed by atoms with Crippen molar-refractivity contribution in [3.63, 3.8) is 0 Å². The van der Waals surface area contributed by atoms with Gasteiger partial charge in [0, 0.05) is 13.1 Å². The number of rotatable bonds is 3. The summed E-state index contributed by atoms with van der Waals surface area (Å²) in [5, 5.41) is 11.3. The predicted octanol–water partition coefficient (Wildman–Crippen LogP) is -0.364. The van der Waals surface area contributed by atoms with Crippen LogP contribution in [0.15, 0.2) is 18.2 Å². The van der Waals surface area contributed by atoms with E-state index in [9.17, 15) is 18.8 Å². The van der Waals surface area contributed by atoms with E-state index in [1.54, 1.807) is 0 Å². The second-order valence-electron chi connectivity index (χ2n) is 4.25. The van der Waals surface area contributed by atoms with Gasteiger partial charge in [-0.3, -0.25) is 14.4 Å². The molecule has 2 rings (SSSR count). The van der Waals surface area contributed by atoms with Crippen LogP contribution in [0.5, 0.6) is 0 Å². The van der Waals surface area contributed by atoms with Crippen LogP contribution < -0.4 is 5.32 Å². The summed E-state index contributed by atoms with van der Waals surface area (Å²) in [5.74, 6) is -3.21. The van der Waals surface area contributed by atoms with Gasteiger partial charge in [-0.15, -0.1) is 0 Å². The lowest BCUT2D eigenvalue weighted by atomic mass is 10.1. The van der Waals surface area contributed by atoms with Crippen molar-refractivity contribution in [1.82, 2.24) is 15.2 Å². The van der Waals surface area contributed by atoms with Gasteiger partial charge in [-0.25, -0.2) is 4.98 Å². The molecule has 1 aliphatic rings. The lowest BCUT2D eigenvalue weighted by molar-refractivity contribution is -0.142. The number of hydrogen-bond donors (Lipinski definition) is 2. The van der Waals surface area contributed by atoms with Gasteiger partial charge in [0.15, 0.2) is 0 Å². The molecule has 0 saturated carbocycles. The highest BCUT2D eigenvalue weighted by molar-refractivity contribution is 5.98. The fourth-order valence-corrected chi connectivity index (χ4v) is 2.00. The number of carbonyl (C=O) groups is 3. The summed E-state index contributed by atoms with van der Waals surface area (Å²) in [6, 6.07) is 2.62. The van der Waals surface area contributed by atoms with Gasteiger partial charge >= 0.3 is 5.97 Å². The summed E-state index contributed by atoms with van der Waals surface area (Å²) in [4.78, 5) is 39.2. The summed E-state index contributed by atoms with van der Waals surface area (Å²) in [5.41, 5.74) is -0.157. The van der Waals surface area contributed by atoms with E-state index in [1.807, 2.05) is 0 Å². The van der Waals surface area contributed by atoms with Crippen LogP contribution in [0.4, 0.5) is 4.39 Å². The van der Waals surface area contributed by atoms with Gasteiger partial charge in [-0.1, -0.05) is 6.07 Å². The molecule has 1 unspecified atom stereocenters. The Bertz CT molecular complexity index is 563. The molecule has 1 atom stereocenters. The molecule has 0 radical (unpaired) electrons. The average molecular weight is 281 g/mol. The Balaban J connectivity index is 2.25. The number of halogens is 1. The van der Waals surface area contributed by atoms with Crippen molar-refractivity contribution in [2.24, 2.45) is 0 Å². The van der Waals surface area contributed by atoms with Crippen LogP contribution in [0.1, 0.15) is 16.9 Å². The van der Waals surface area contributed by atoms with Crippen molar-refractivity contribution in [1.29, 1.82) is 0 Å². The van der Waals surface area contributed by atoms with Gasteiger partial charge < -0.3 is 15.3 Å². The highest BCUT2D eigenvalue weighted by Gasteiger charge is 2.35. The molecule has 106 valence electrons. The number of pyridine rings is 1. The molecule has 0 aromatic carbocycles. The Labute approximate surface area is 113 Å². The highest BCUT2D eigenvalue weighted by Crippen LogP contribution is 2.13. The maximum Gasteiger partial charge on any atom is 0.305 e. The zero-order valence-corrected chi connectivity index (χ0v) is 10.4. The quantitative estimate of drug-likeness (QED) is 0.737. The number of carboxylic acid groups (broad SMARTS) is 1. The molecule has 2 amide bonds. The van der Waals surface area contributed by atoms with Crippen LogP contribution in [0.3, 0.4) is 0 Å². The molecule has 2 heterocycles. The van der Waals surface area contributed by atoms with Crippen LogP contribution in [0.2, 0.25) is 0 Å². The summed E-state index contributed by atoms with van der Waals surface area (Å²) in [7, 11) is 0. The number of carbonyl (C=O) groups excluding carboxylic acids is 2. The number of nitrogens with one attached hydrogen (secondary N) is 1. The molecule has 0 bridgehead atoms. The SMILES string of the molecule is O=C(O)CC1C(=O)NCCN1C(=O)c1cccc(F)n1. The average Bonchev–Trinajstić information content (AvgIpc) is 2.40. The molecule has 20 heavy (non-hydrogen) atoms. The van der Waals surface area contributed by atoms with Crippen LogP contribution in [0.25, 0.3) is 0 Å². The third kappa shape index (κ3) is 2.90. The Hall–Kier alpha value is -2.51. The monoisotopic (exact) mass is 281 g/mol. The van der Waals surface area contributed by atoms with Crippen molar-refractivity contribution in [3.8, 4) is 0 Å². The minimum atomic E-state index is -1.20. The molecule has 1 aromatic rings. The predicted molar refractivity (Wildman–Crippen MR) is 64.3 cm³/mol. The van der Waals surface area contributed by atoms with Gasteiger partial charge in [0.05, 0.1) is 6.42 Å². The first-order valence-electron chi connectivity index (χ1n) is 5.92. The van der Waals surface area contributed by atoms with E-state index >= 15 is 0 Å². The number of nitrogens with zero attached hydrogens (tertiary/aromatic N) is 2. The van der Waals surface area contributed by atoms with E-state index in [0.29, 0.717) is 0 Å². The van der Waals surface area contributed by atoms with E-state index in [2.05, 4.69) is 10.3 Å². The number of carboxylic acids is 1. The van der Waals surface area contributed by atoms with Crippen molar-refractivity contribution in [2.75, 3.05) is 13.1 Å². The first-order valence-corrected chi connectivity index (χ1v) is 5.92. The van der Waals surface area contributed by atoms with Crippen LogP contribution in [-0.2, 0) is 9.59 Å². The Morgan fingerprint density at radius 3 is 2.90 bits per heavy atom. The maximum atomic E-state index is 13.0. The Morgan fingerprint density at radius 2 is 2.25 bits per heavy atom. The molecular formula is C12H12FN3O4. The number of piperazine rings is 1. The van der Waals surface area contributed by atoms with Crippen LogP contribution >= 0.6 is 0 Å². The van der Waals surface area contributed by atoms with Crippen molar-refractivity contribution in [3.05, 3.63) is 29.8 Å². The summed E-state index contributed by atoms with van der Waals surface area (Å²) in [6.45, 7) is 0.372. The molecule has 1 aliphatic heterocycles. The third-order valence-electron chi connectivity index (χ3n) is 2.89. The normalized spacial score (nSPS) is 18.6. The summed E-state index contributed by atoms with van der Waals surface area (Å²) < 4.78 is 13.0. The fourth-order valence-electron chi connectivity index (χ4n) is 2.00. The molecule has 2 N–H and O–H groups in total. The summed E-state index contributed by atoms with van der Waals surface area (Å²) in [6.07, 6.45) is -0.507. The van der Waals surface area contributed by atoms with E-state index in [-0.39, 0.29) is 18.8 Å². The van der Waals surface area contributed by atoms with Crippen molar-refractivity contribution < 1.29 is 23.9 Å². The number of amides is 2. The minimum Gasteiger partial charge on any atom is -0.481 e. The molecule has 1 fully saturated rings. The number of aromatic nitrogens is 1. The van der Waals surface area contributed by atoms with Gasteiger partial charge in [-0.05, 0) is 12.1 Å². The molecule has 0 aliphatic carbocycles. The maximum absolute atomic E-state index is 13.0. The van der Waals surface area contributed by atoms with E-state index in [0.717, 1.165) is 11.0 Å². The largest absolute Gasteiger partial charge is 0.481 e. The lowest BCUT2D eigenvalue weighted by Crippen LogP contribution is -2.57. The lowest BCUT2D eigenvalue weighted by Gasteiger charge is -2.33. The summed E-state index contributed by atoms with van der Waals surface area (Å²) >= 11 is 0. The second-order valence-corrected chi connectivity index (χ2v) is 4.25. The highest BCUT2D eigenvalue weighted by atomic mass is 19.1. The Kier molecular flexibility index (Phi) is 3.92. The smallest absolute Gasteiger partial charge is 0.305 e. The van der Waals surface area contributed by atoms with Crippen LogP contribution in [-0.4, -0.2) is 51.9 Å². The zero-order chi connectivity index (χ0) is 14.7. The first kappa shape index (κ1) is 13.9. The first-order chi connectivity index (χ1) is 9.49. The van der Waals surface area contributed by atoms with E-state index in [1.165, 1.54) is 12.1 Å². The molecule has 7 nitrogen and oxygen atoms in total. The van der Waals surface area contributed by atoms with E-state index in [4.69, 9.17) is 5.11 Å². The second kappa shape index (κ2) is 5.64. The van der Waals surface area contributed by atoms with Gasteiger partial charge in [0.1, 0.15) is 11.7 Å². The van der Waals surface area contributed by atoms with Crippen LogP contribution in [0, 0.1) is 5.95 Å².